The highest BCUT2D eigenvalue weighted by Gasteiger charge is 2.30. The normalized spacial score (nSPS) is 37.5. The van der Waals surface area contributed by atoms with E-state index in [0.717, 1.165) is 17.9 Å². The molecule has 0 spiro atoms. The van der Waals surface area contributed by atoms with E-state index in [0.29, 0.717) is 0 Å². The van der Waals surface area contributed by atoms with Gasteiger partial charge < -0.3 is 10.2 Å². The molecule has 0 aromatic heterocycles. The second kappa shape index (κ2) is 5.05. The van der Waals surface area contributed by atoms with Crippen molar-refractivity contribution in [3.63, 3.8) is 0 Å². The molecule has 0 amide bonds. The number of hydrogen-bond donors (Lipinski definition) is 1. The SMILES string of the molecule is C1CC(CN2CCCC(C3CCCN3)C2)C1. The van der Waals surface area contributed by atoms with Gasteiger partial charge in [-0.1, -0.05) is 6.42 Å². The van der Waals surface area contributed by atoms with Crippen molar-refractivity contribution in [2.24, 2.45) is 11.8 Å². The Labute approximate surface area is 99.8 Å². The number of hydrogen-bond acceptors (Lipinski definition) is 2. The maximum absolute atomic E-state index is 3.70. The maximum Gasteiger partial charge on any atom is 0.0108 e. The average molecular weight is 222 g/mol. The fourth-order valence-electron chi connectivity index (χ4n) is 3.74. The Morgan fingerprint density at radius 1 is 1.00 bits per heavy atom. The highest BCUT2D eigenvalue weighted by molar-refractivity contribution is 4.87. The second-order valence-corrected chi connectivity index (χ2v) is 6.16. The predicted octanol–water partition coefficient (Wildman–Crippen LogP) is 2.25. The summed E-state index contributed by atoms with van der Waals surface area (Å²) < 4.78 is 0. The molecule has 3 rings (SSSR count). The Kier molecular flexibility index (Phi) is 3.49. The smallest absolute Gasteiger partial charge is 0.0108 e. The lowest BCUT2D eigenvalue weighted by Crippen LogP contribution is -2.45. The van der Waals surface area contributed by atoms with Crippen molar-refractivity contribution in [3.05, 3.63) is 0 Å². The van der Waals surface area contributed by atoms with E-state index in [1.165, 1.54) is 71.1 Å². The summed E-state index contributed by atoms with van der Waals surface area (Å²) in [5.74, 6) is 2.01. The Morgan fingerprint density at radius 2 is 1.94 bits per heavy atom. The zero-order valence-corrected chi connectivity index (χ0v) is 10.5. The number of piperidine rings is 1. The summed E-state index contributed by atoms with van der Waals surface area (Å²) >= 11 is 0. The van der Waals surface area contributed by atoms with Crippen LogP contribution in [0.25, 0.3) is 0 Å². The van der Waals surface area contributed by atoms with Crippen molar-refractivity contribution in [1.82, 2.24) is 10.2 Å². The van der Waals surface area contributed by atoms with Gasteiger partial charge in [0.2, 0.25) is 0 Å². The summed E-state index contributed by atoms with van der Waals surface area (Å²) in [6.07, 6.45) is 10.2. The molecule has 0 aromatic carbocycles. The first-order valence-electron chi connectivity index (χ1n) is 7.37. The number of nitrogens with zero attached hydrogens (tertiary/aromatic N) is 1. The van der Waals surface area contributed by atoms with E-state index in [-0.39, 0.29) is 0 Å². The molecule has 0 aromatic rings. The van der Waals surface area contributed by atoms with E-state index >= 15 is 0 Å². The van der Waals surface area contributed by atoms with Crippen LogP contribution in [0.4, 0.5) is 0 Å². The van der Waals surface area contributed by atoms with Crippen molar-refractivity contribution >= 4 is 0 Å². The third kappa shape index (κ3) is 2.43. The van der Waals surface area contributed by atoms with E-state index in [2.05, 4.69) is 10.2 Å². The molecule has 2 saturated heterocycles. The fourth-order valence-corrected chi connectivity index (χ4v) is 3.74. The van der Waals surface area contributed by atoms with E-state index in [1.54, 1.807) is 0 Å². The molecule has 16 heavy (non-hydrogen) atoms. The molecule has 2 nitrogen and oxygen atoms in total. The van der Waals surface area contributed by atoms with Gasteiger partial charge >= 0.3 is 0 Å². The monoisotopic (exact) mass is 222 g/mol. The van der Waals surface area contributed by atoms with Crippen LogP contribution in [0.15, 0.2) is 0 Å². The molecule has 1 aliphatic carbocycles. The van der Waals surface area contributed by atoms with Gasteiger partial charge in [0.15, 0.2) is 0 Å². The lowest BCUT2D eigenvalue weighted by molar-refractivity contribution is 0.111. The lowest BCUT2D eigenvalue weighted by Gasteiger charge is -2.39. The Morgan fingerprint density at radius 3 is 2.62 bits per heavy atom. The molecule has 92 valence electrons. The van der Waals surface area contributed by atoms with Gasteiger partial charge in [-0.2, -0.15) is 0 Å². The molecule has 1 N–H and O–H groups in total. The van der Waals surface area contributed by atoms with E-state index in [9.17, 15) is 0 Å². The topological polar surface area (TPSA) is 15.3 Å². The van der Waals surface area contributed by atoms with Crippen molar-refractivity contribution in [3.8, 4) is 0 Å². The second-order valence-electron chi connectivity index (χ2n) is 6.16. The number of likely N-dealkylation sites (tertiary alicyclic amines) is 1. The van der Waals surface area contributed by atoms with Gasteiger partial charge in [-0.25, -0.2) is 0 Å². The van der Waals surface area contributed by atoms with Crippen LogP contribution in [-0.2, 0) is 0 Å². The molecule has 2 heterocycles. The van der Waals surface area contributed by atoms with Gasteiger partial charge in [-0.15, -0.1) is 0 Å². The van der Waals surface area contributed by atoms with E-state index < -0.39 is 0 Å². The van der Waals surface area contributed by atoms with Gasteiger partial charge in [0.25, 0.3) is 0 Å². The van der Waals surface area contributed by atoms with Crippen LogP contribution >= 0.6 is 0 Å². The van der Waals surface area contributed by atoms with Crippen LogP contribution in [-0.4, -0.2) is 37.1 Å². The molecule has 2 atom stereocenters. The average Bonchev–Trinajstić information content (AvgIpc) is 2.77. The highest BCUT2D eigenvalue weighted by atomic mass is 15.1. The summed E-state index contributed by atoms with van der Waals surface area (Å²) in [6.45, 7) is 5.43. The van der Waals surface area contributed by atoms with Gasteiger partial charge in [-0.3, -0.25) is 0 Å². The van der Waals surface area contributed by atoms with Gasteiger partial charge in [0.05, 0.1) is 0 Å². The number of nitrogens with one attached hydrogen (secondary N) is 1. The van der Waals surface area contributed by atoms with Gasteiger partial charge in [-0.05, 0) is 63.5 Å². The van der Waals surface area contributed by atoms with Gasteiger partial charge in [0, 0.05) is 19.1 Å². The van der Waals surface area contributed by atoms with E-state index in [1.807, 2.05) is 0 Å². The van der Waals surface area contributed by atoms with Crippen LogP contribution in [0.2, 0.25) is 0 Å². The quantitative estimate of drug-likeness (QED) is 0.788. The fraction of sp³-hybridized carbons (Fsp3) is 1.00. The van der Waals surface area contributed by atoms with Crippen LogP contribution in [0.3, 0.4) is 0 Å². The lowest BCUT2D eigenvalue weighted by atomic mass is 9.83. The third-order valence-electron chi connectivity index (χ3n) is 4.95. The van der Waals surface area contributed by atoms with Crippen molar-refractivity contribution in [2.45, 2.75) is 51.0 Å². The Bertz CT molecular complexity index is 219. The molecule has 3 fully saturated rings. The highest BCUT2D eigenvalue weighted by Crippen LogP contribution is 2.30. The van der Waals surface area contributed by atoms with E-state index in [4.69, 9.17) is 0 Å². The molecular weight excluding hydrogens is 196 g/mol. The van der Waals surface area contributed by atoms with Crippen LogP contribution in [0.1, 0.15) is 44.9 Å². The zero-order valence-electron chi connectivity index (χ0n) is 10.5. The summed E-state index contributed by atoms with van der Waals surface area (Å²) in [5.41, 5.74) is 0. The standard InChI is InChI=1S/C14H26N2/c1-4-12(5-1)10-16-9-3-6-13(11-16)14-7-2-8-15-14/h12-15H,1-11H2. The summed E-state index contributed by atoms with van der Waals surface area (Å²) in [7, 11) is 0. The molecule has 3 aliphatic rings. The molecule has 2 unspecified atom stereocenters. The first kappa shape index (κ1) is 11.0. The summed E-state index contributed by atoms with van der Waals surface area (Å²) in [6, 6.07) is 0.851. The van der Waals surface area contributed by atoms with Crippen LogP contribution in [0.5, 0.6) is 0 Å². The van der Waals surface area contributed by atoms with Crippen LogP contribution in [0, 0.1) is 11.8 Å². The zero-order chi connectivity index (χ0) is 10.8. The minimum atomic E-state index is 0.851. The van der Waals surface area contributed by atoms with Crippen LogP contribution < -0.4 is 5.32 Å². The van der Waals surface area contributed by atoms with Crippen molar-refractivity contribution in [1.29, 1.82) is 0 Å². The molecule has 0 bridgehead atoms. The molecule has 2 aliphatic heterocycles. The first-order valence-corrected chi connectivity index (χ1v) is 7.37. The van der Waals surface area contributed by atoms with Crippen molar-refractivity contribution < 1.29 is 0 Å². The third-order valence-corrected chi connectivity index (χ3v) is 4.95. The molecule has 2 heteroatoms. The summed E-state index contributed by atoms with van der Waals surface area (Å²) in [4.78, 5) is 2.76. The largest absolute Gasteiger partial charge is 0.314 e. The van der Waals surface area contributed by atoms with Crippen molar-refractivity contribution in [2.75, 3.05) is 26.2 Å². The minimum absolute atomic E-state index is 0.851. The van der Waals surface area contributed by atoms with Gasteiger partial charge in [0.1, 0.15) is 0 Å². The Balaban J connectivity index is 1.48. The summed E-state index contributed by atoms with van der Waals surface area (Å²) in [5, 5.41) is 3.70. The first-order chi connectivity index (χ1) is 7.92. The maximum atomic E-state index is 3.70. The molecular formula is C14H26N2. The molecule has 0 radical (unpaired) electrons. The molecule has 1 saturated carbocycles. The predicted molar refractivity (Wildman–Crippen MR) is 67.5 cm³/mol. The number of rotatable bonds is 3. The minimum Gasteiger partial charge on any atom is -0.314 e. The Hall–Kier alpha value is -0.0800.